The van der Waals surface area contributed by atoms with Crippen LogP contribution in [0.15, 0.2) is 61.3 Å². The summed E-state index contributed by atoms with van der Waals surface area (Å²) >= 11 is 1.76. The number of amides is 1. The Morgan fingerprint density at radius 3 is 2.84 bits per heavy atom. The molecule has 31 heavy (non-hydrogen) atoms. The first-order valence-corrected chi connectivity index (χ1v) is 11.1. The molecule has 0 spiro atoms. The number of hydrogen-bond donors (Lipinski definition) is 0. The van der Waals surface area contributed by atoms with Gasteiger partial charge in [-0.1, -0.05) is 30.8 Å². The average Bonchev–Trinajstić information content (AvgIpc) is 3.18. The molecule has 0 N–H and O–H groups in total. The highest BCUT2D eigenvalue weighted by molar-refractivity contribution is 7.12. The molecule has 2 aromatic heterocycles. The summed E-state index contributed by atoms with van der Waals surface area (Å²) in [6.07, 6.45) is 3.14. The van der Waals surface area contributed by atoms with Crippen molar-refractivity contribution in [1.82, 2.24) is 9.88 Å². The number of methoxy groups -OCH3 is 1. The van der Waals surface area contributed by atoms with Gasteiger partial charge in [-0.25, -0.2) is 4.98 Å². The molecule has 1 aliphatic rings. The number of carbonyl (C=O) groups excluding carboxylic acids is 1. The van der Waals surface area contributed by atoms with Crippen molar-refractivity contribution in [3.63, 3.8) is 0 Å². The van der Waals surface area contributed by atoms with Gasteiger partial charge in [-0.3, -0.25) is 4.79 Å². The lowest BCUT2D eigenvalue weighted by atomic mass is 9.84. The summed E-state index contributed by atoms with van der Waals surface area (Å²) in [5, 5.41) is 0. The SMILES string of the molecule is C=CC(=O)N1Cc2sc(C)cc2[C@H](c2ccccc2-c2cccnc2OCCOC)C1. The van der Waals surface area contributed by atoms with Crippen LogP contribution in [0.2, 0.25) is 0 Å². The molecule has 0 fully saturated rings. The molecule has 3 aromatic rings. The van der Waals surface area contributed by atoms with E-state index in [-0.39, 0.29) is 11.8 Å². The second-order valence-corrected chi connectivity index (χ2v) is 8.84. The van der Waals surface area contributed by atoms with Gasteiger partial charge in [-0.15, -0.1) is 11.3 Å². The van der Waals surface area contributed by atoms with Crippen molar-refractivity contribution in [2.24, 2.45) is 0 Å². The van der Waals surface area contributed by atoms with Gasteiger partial charge in [0.25, 0.3) is 0 Å². The molecule has 4 rings (SSSR count). The largest absolute Gasteiger partial charge is 0.475 e. The fraction of sp³-hybridized carbons (Fsp3) is 0.280. The molecule has 0 saturated carbocycles. The van der Waals surface area contributed by atoms with Gasteiger partial charge in [-0.05, 0) is 47.9 Å². The van der Waals surface area contributed by atoms with Crippen molar-refractivity contribution < 1.29 is 14.3 Å². The highest BCUT2D eigenvalue weighted by atomic mass is 32.1. The zero-order valence-corrected chi connectivity index (χ0v) is 18.7. The summed E-state index contributed by atoms with van der Waals surface area (Å²) in [6.45, 7) is 7.98. The lowest BCUT2D eigenvalue weighted by Gasteiger charge is -2.33. The third-order valence-corrected chi connectivity index (χ3v) is 6.54. The van der Waals surface area contributed by atoms with E-state index in [4.69, 9.17) is 9.47 Å². The van der Waals surface area contributed by atoms with Crippen LogP contribution in [0.25, 0.3) is 11.1 Å². The molecule has 3 heterocycles. The number of fused-ring (bicyclic) bond motifs is 1. The van der Waals surface area contributed by atoms with Crippen molar-refractivity contribution in [3.8, 4) is 17.0 Å². The fourth-order valence-electron chi connectivity index (χ4n) is 4.10. The number of rotatable bonds is 7. The Morgan fingerprint density at radius 2 is 2.03 bits per heavy atom. The second-order valence-electron chi connectivity index (χ2n) is 7.50. The standard InChI is InChI=1S/C25H26N2O3S/c1-4-24(28)27-15-22(21-14-17(2)31-23(21)16-27)19-9-6-5-8-18(19)20-10-7-11-26-25(20)30-13-12-29-3/h4-11,14,22H,1,12-13,15-16H2,2-3H3/t22-/m0/s1. The van der Waals surface area contributed by atoms with E-state index in [9.17, 15) is 4.79 Å². The van der Waals surface area contributed by atoms with Crippen molar-refractivity contribution in [2.75, 3.05) is 26.9 Å². The van der Waals surface area contributed by atoms with Gasteiger partial charge in [0, 0.05) is 41.1 Å². The zero-order valence-electron chi connectivity index (χ0n) is 17.8. The van der Waals surface area contributed by atoms with Gasteiger partial charge in [0.15, 0.2) is 0 Å². The summed E-state index contributed by atoms with van der Waals surface area (Å²) in [6, 6.07) is 14.5. The van der Waals surface area contributed by atoms with Gasteiger partial charge in [0.1, 0.15) is 6.61 Å². The minimum atomic E-state index is -0.0378. The van der Waals surface area contributed by atoms with Crippen LogP contribution in [-0.2, 0) is 16.1 Å². The minimum absolute atomic E-state index is 0.0378. The number of nitrogens with zero attached hydrogens (tertiary/aromatic N) is 2. The van der Waals surface area contributed by atoms with Crippen LogP contribution in [0.4, 0.5) is 0 Å². The van der Waals surface area contributed by atoms with Gasteiger partial charge in [0.05, 0.1) is 13.2 Å². The first-order chi connectivity index (χ1) is 15.1. The predicted molar refractivity (Wildman–Crippen MR) is 124 cm³/mol. The van der Waals surface area contributed by atoms with E-state index in [0.29, 0.717) is 32.2 Å². The maximum absolute atomic E-state index is 12.5. The van der Waals surface area contributed by atoms with E-state index in [1.807, 2.05) is 29.2 Å². The number of benzene rings is 1. The second kappa shape index (κ2) is 9.45. The number of thiophene rings is 1. The smallest absolute Gasteiger partial charge is 0.246 e. The number of aryl methyl sites for hydroxylation is 1. The summed E-state index contributed by atoms with van der Waals surface area (Å²) in [5.41, 5.74) is 4.46. The molecule has 0 bridgehead atoms. The van der Waals surface area contributed by atoms with E-state index in [1.165, 1.54) is 21.4 Å². The summed E-state index contributed by atoms with van der Waals surface area (Å²) < 4.78 is 11.0. The van der Waals surface area contributed by atoms with Gasteiger partial charge in [-0.2, -0.15) is 0 Å². The minimum Gasteiger partial charge on any atom is -0.475 e. The molecule has 5 nitrogen and oxygen atoms in total. The first-order valence-electron chi connectivity index (χ1n) is 10.3. The van der Waals surface area contributed by atoms with Crippen LogP contribution in [0.3, 0.4) is 0 Å². The maximum atomic E-state index is 12.5. The highest BCUT2D eigenvalue weighted by Crippen LogP contribution is 2.42. The lowest BCUT2D eigenvalue weighted by Crippen LogP contribution is -2.37. The van der Waals surface area contributed by atoms with E-state index < -0.39 is 0 Å². The molecular weight excluding hydrogens is 408 g/mol. The van der Waals surface area contributed by atoms with Crippen LogP contribution in [0, 0.1) is 6.92 Å². The van der Waals surface area contributed by atoms with Gasteiger partial charge >= 0.3 is 0 Å². The zero-order chi connectivity index (χ0) is 21.8. The Kier molecular flexibility index (Phi) is 6.49. The number of aromatic nitrogens is 1. The molecule has 1 aliphatic heterocycles. The molecule has 1 aromatic carbocycles. The Bertz CT molecular complexity index is 1090. The van der Waals surface area contributed by atoms with Crippen LogP contribution >= 0.6 is 11.3 Å². The maximum Gasteiger partial charge on any atom is 0.246 e. The van der Waals surface area contributed by atoms with Crippen molar-refractivity contribution in [2.45, 2.75) is 19.4 Å². The summed E-state index contributed by atoms with van der Waals surface area (Å²) in [5.74, 6) is 0.619. The van der Waals surface area contributed by atoms with Crippen LogP contribution in [0.1, 0.15) is 26.8 Å². The fourth-order valence-corrected chi connectivity index (χ4v) is 5.21. The topological polar surface area (TPSA) is 51.7 Å². The van der Waals surface area contributed by atoms with E-state index in [1.54, 1.807) is 24.6 Å². The number of hydrogen-bond acceptors (Lipinski definition) is 5. The van der Waals surface area contributed by atoms with Crippen molar-refractivity contribution in [1.29, 1.82) is 0 Å². The van der Waals surface area contributed by atoms with Gasteiger partial charge < -0.3 is 14.4 Å². The van der Waals surface area contributed by atoms with E-state index in [2.05, 4.69) is 36.7 Å². The average molecular weight is 435 g/mol. The van der Waals surface area contributed by atoms with Crippen LogP contribution in [0.5, 0.6) is 5.88 Å². The summed E-state index contributed by atoms with van der Waals surface area (Å²) in [7, 11) is 1.65. The third-order valence-electron chi connectivity index (χ3n) is 5.49. The summed E-state index contributed by atoms with van der Waals surface area (Å²) in [4.78, 5) is 21.3. The lowest BCUT2D eigenvalue weighted by molar-refractivity contribution is -0.127. The molecule has 6 heteroatoms. The Morgan fingerprint density at radius 1 is 1.23 bits per heavy atom. The quantitative estimate of drug-likeness (QED) is 0.396. The molecule has 1 amide bonds. The molecular formula is C25H26N2O3S. The number of ether oxygens (including phenoxy) is 2. The monoisotopic (exact) mass is 434 g/mol. The Labute approximate surface area is 187 Å². The van der Waals surface area contributed by atoms with Crippen molar-refractivity contribution in [3.05, 3.63) is 82.2 Å². The van der Waals surface area contributed by atoms with Crippen LogP contribution < -0.4 is 4.74 Å². The molecule has 0 saturated heterocycles. The van der Waals surface area contributed by atoms with E-state index >= 15 is 0 Å². The number of carbonyl (C=O) groups is 1. The first kappa shape index (κ1) is 21.3. The van der Waals surface area contributed by atoms with E-state index in [0.717, 1.165) is 16.7 Å². The van der Waals surface area contributed by atoms with Gasteiger partial charge in [0.2, 0.25) is 11.8 Å². The molecule has 0 radical (unpaired) electrons. The highest BCUT2D eigenvalue weighted by Gasteiger charge is 2.31. The van der Waals surface area contributed by atoms with Crippen molar-refractivity contribution >= 4 is 17.2 Å². The Hall–Kier alpha value is -2.96. The Balaban J connectivity index is 1.79. The molecule has 0 unspecified atom stereocenters. The van der Waals surface area contributed by atoms with Crippen LogP contribution in [-0.4, -0.2) is 42.7 Å². The molecule has 0 aliphatic carbocycles. The molecule has 160 valence electrons. The number of pyridine rings is 1. The molecule has 1 atom stereocenters. The normalized spacial score (nSPS) is 15.4. The third kappa shape index (κ3) is 4.40. The predicted octanol–water partition coefficient (Wildman–Crippen LogP) is 4.80.